The third kappa shape index (κ3) is 3.99. The van der Waals surface area contributed by atoms with Gasteiger partial charge in [-0.2, -0.15) is 0 Å². The summed E-state index contributed by atoms with van der Waals surface area (Å²) in [6, 6.07) is 8.31. The third-order valence-electron chi connectivity index (χ3n) is 5.31. The second-order valence-electron chi connectivity index (χ2n) is 6.40. The van der Waals surface area contributed by atoms with Gasteiger partial charge in [0.25, 0.3) is 0 Å². The lowest BCUT2D eigenvalue weighted by Gasteiger charge is -2.41. The molecule has 2 rings (SSSR count). The maximum atomic E-state index is 5.82. The molecule has 0 aromatic heterocycles. The molecule has 2 nitrogen and oxygen atoms in total. The van der Waals surface area contributed by atoms with Crippen LogP contribution in [0.3, 0.4) is 0 Å². The number of hydrogen-bond acceptors (Lipinski definition) is 2. The van der Waals surface area contributed by atoms with Gasteiger partial charge < -0.3 is 10.6 Å². The van der Waals surface area contributed by atoms with E-state index < -0.39 is 0 Å². The van der Waals surface area contributed by atoms with Crippen LogP contribution in [0.4, 0.5) is 5.69 Å². The first-order valence-electron chi connectivity index (χ1n) is 8.24. The Kier molecular flexibility index (Phi) is 5.47. The van der Waals surface area contributed by atoms with E-state index in [4.69, 9.17) is 5.73 Å². The van der Waals surface area contributed by atoms with Gasteiger partial charge in [-0.05, 0) is 68.4 Å². The summed E-state index contributed by atoms with van der Waals surface area (Å²) >= 11 is 0. The Bertz CT molecular complexity index is 400. The molecule has 0 aliphatic carbocycles. The van der Waals surface area contributed by atoms with Crippen molar-refractivity contribution < 1.29 is 0 Å². The molecule has 1 aliphatic rings. The first-order chi connectivity index (χ1) is 9.67. The Hall–Kier alpha value is -1.02. The van der Waals surface area contributed by atoms with Crippen molar-refractivity contribution in [2.75, 3.05) is 25.4 Å². The van der Waals surface area contributed by atoms with Crippen LogP contribution < -0.4 is 5.73 Å². The molecule has 1 aromatic carbocycles. The van der Waals surface area contributed by atoms with Gasteiger partial charge in [-0.25, -0.2) is 0 Å². The van der Waals surface area contributed by atoms with Crippen LogP contribution in [-0.4, -0.2) is 24.5 Å². The summed E-state index contributed by atoms with van der Waals surface area (Å²) in [4.78, 5) is 2.65. The number of rotatable bonds is 6. The second-order valence-corrected chi connectivity index (χ2v) is 6.40. The minimum atomic E-state index is 0.643. The third-order valence-corrected chi connectivity index (χ3v) is 5.31. The Morgan fingerprint density at radius 1 is 1.15 bits per heavy atom. The topological polar surface area (TPSA) is 29.3 Å². The number of nitrogens with zero attached hydrogens (tertiary/aromatic N) is 1. The van der Waals surface area contributed by atoms with E-state index in [1.54, 1.807) is 0 Å². The van der Waals surface area contributed by atoms with E-state index in [0.717, 1.165) is 12.1 Å². The number of aryl methyl sites for hydroxylation is 1. The summed E-state index contributed by atoms with van der Waals surface area (Å²) in [5.74, 6) is 0. The quantitative estimate of drug-likeness (QED) is 0.791. The van der Waals surface area contributed by atoms with Crippen molar-refractivity contribution in [1.82, 2.24) is 4.90 Å². The highest BCUT2D eigenvalue weighted by molar-refractivity contribution is 5.40. The van der Waals surface area contributed by atoms with E-state index >= 15 is 0 Å². The molecule has 20 heavy (non-hydrogen) atoms. The standard InChI is InChI=1S/C18H30N2/c1-3-18(4-2)10-13-20(14-11-18)12-6-8-16-7-5-9-17(19)15-16/h5,7,9,15H,3-4,6,8,10-14,19H2,1-2H3. The van der Waals surface area contributed by atoms with Crippen LogP contribution in [0, 0.1) is 5.41 Å². The molecular weight excluding hydrogens is 244 g/mol. The van der Waals surface area contributed by atoms with E-state index in [0.29, 0.717) is 5.41 Å². The Morgan fingerprint density at radius 3 is 2.45 bits per heavy atom. The molecule has 0 atom stereocenters. The van der Waals surface area contributed by atoms with Crippen molar-refractivity contribution >= 4 is 5.69 Å². The first-order valence-corrected chi connectivity index (χ1v) is 8.24. The van der Waals surface area contributed by atoms with E-state index in [-0.39, 0.29) is 0 Å². The average Bonchev–Trinajstić information content (AvgIpc) is 2.48. The predicted molar refractivity (Wildman–Crippen MR) is 87.9 cm³/mol. The zero-order valence-corrected chi connectivity index (χ0v) is 13.2. The molecule has 0 radical (unpaired) electrons. The van der Waals surface area contributed by atoms with Crippen LogP contribution in [0.25, 0.3) is 0 Å². The molecule has 1 aliphatic heterocycles. The van der Waals surface area contributed by atoms with Crippen LogP contribution in [0.5, 0.6) is 0 Å². The highest BCUT2D eigenvalue weighted by atomic mass is 15.1. The molecule has 1 aromatic rings. The molecule has 1 heterocycles. The molecule has 0 spiro atoms. The number of nitrogen functional groups attached to an aromatic ring is 1. The zero-order valence-electron chi connectivity index (χ0n) is 13.2. The summed E-state index contributed by atoms with van der Waals surface area (Å²) in [6.45, 7) is 8.54. The second kappa shape index (κ2) is 7.12. The number of piperidine rings is 1. The molecule has 0 unspecified atom stereocenters. The van der Waals surface area contributed by atoms with Gasteiger partial charge in [-0.15, -0.1) is 0 Å². The molecule has 0 saturated carbocycles. The van der Waals surface area contributed by atoms with E-state index in [1.807, 2.05) is 6.07 Å². The highest BCUT2D eigenvalue weighted by Gasteiger charge is 2.30. The lowest BCUT2D eigenvalue weighted by atomic mass is 9.74. The minimum Gasteiger partial charge on any atom is -0.399 e. The lowest BCUT2D eigenvalue weighted by Crippen LogP contribution is -2.40. The van der Waals surface area contributed by atoms with E-state index in [9.17, 15) is 0 Å². The van der Waals surface area contributed by atoms with Crippen LogP contribution in [-0.2, 0) is 6.42 Å². The van der Waals surface area contributed by atoms with Crippen LogP contribution in [0.1, 0.15) is 51.5 Å². The zero-order chi connectivity index (χ0) is 14.4. The van der Waals surface area contributed by atoms with Gasteiger partial charge in [0.05, 0.1) is 0 Å². The van der Waals surface area contributed by atoms with Gasteiger partial charge in [0.15, 0.2) is 0 Å². The monoisotopic (exact) mass is 274 g/mol. The van der Waals surface area contributed by atoms with Crippen molar-refractivity contribution in [2.24, 2.45) is 5.41 Å². The fourth-order valence-corrected chi connectivity index (χ4v) is 3.46. The van der Waals surface area contributed by atoms with Crippen molar-refractivity contribution in [3.05, 3.63) is 29.8 Å². The molecule has 0 amide bonds. The van der Waals surface area contributed by atoms with Crippen molar-refractivity contribution in [1.29, 1.82) is 0 Å². The summed E-state index contributed by atoms with van der Waals surface area (Å²) < 4.78 is 0. The molecule has 2 N–H and O–H groups in total. The largest absolute Gasteiger partial charge is 0.399 e. The fraction of sp³-hybridized carbons (Fsp3) is 0.667. The Balaban J connectivity index is 1.71. The molecule has 112 valence electrons. The van der Waals surface area contributed by atoms with Crippen molar-refractivity contribution in [2.45, 2.75) is 52.4 Å². The Labute approximate surface area is 124 Å². The van der Waals surface area contributed by atoms with Gasteiger partial charge in [0, 0.05) is 5.69 Å². The number of likely N-dealkylation sites (tertiary alicyclic amines) is 1. The first kappa shape index (κ1) is 15.4. The fourth-order valence-electron chi connectivity index (χ4n) is 3.46. The predicted octanol–water partition coefficient (Wildman–Crippen LogP) is 4.10. The highest BCUT2D eigenvalue weighted by Crippen LogP contribution is 2.37. The molecule has 1 fully saturated rings. The van der Waals surface area contributed by atoms with Crippen molar-refractivity contribution in [3.63, 3.8) is 0 Å². The van der Waals surface area contributed by atoms with Gasteiger partial charge in [0.2, 0.25) is 0 Å². The molecule has 0 bridgehead atoms. The van der Waals surface area contributed by atoms with Gasteiger partial charge in [-0.1, -0.05) is 38.8 Å². The SMILES string of the molecule is CCC1(CC)CCN(CCCc2cccc(N)c2)CC1. The normalized spacial score (nSPS) is 19.1. The summed E-state index contributed by atoms with van der Waals surface area (Å²) in [7, 11) is 0. The van der Waals surface area contributed by atoms with Crippen LogP contribution >= 0.6 is 0 Å². The lowest BCUT2D eigenvalue weighted by molar-refractivity contribution is 0.0948. The number of benzene rings is 1. The van der Waals surface area contributed by atoms with E-state index in [2.05, 4.69) is 36.9 Å². The van der Waals surface area contributed by atoms with Crippen LogP contribution in [0.15, 0.2) is 24.3 Å². The van der Waals surface area contributed by atoms with E-state index in [1.165, 1.54) is 57.3 Å². The number of anilines is 1. The molecule has 1 saturated heterocycles. The molecular formula is C18H30N2. The van der Waals surface area contributed by atoms with Crippen LogP contribution in [0.2, 0.25) is 0 Å². The number of nitrogens with two attached hydrogens (primary N) is 1. The minimum absolute atomic E-state index is 0.643. The van der Waals surface area contributed by atoms with Crippen molar-refractivity contribution in [3.8, 4) is 0 Å². The average molecular weight is 274 g/mol. The smallest absolute Gasteiger partial charge is 0.0316 e. The van der Waals surface area contributed by atoms with Gasteiger partial charge in [0.1, 0.15) is 0 Å². The maximum Gasteiger partial charge on any atom is 0.0316 e. The Morgan fingerprint density at radius 2 is 1.85 bits per heavy atom. The number of hydrogen-bond donors (Lipinski definition) is 1. The van der Waals surface area contributed by atoms with Gasteiger partial charge in [-0.3, -0.25) is 0 Å². The maximum absolute atomic E-state index is 5.82. The molecule has 2 heteroatoms. The summed E-state index contributed by atoms with van der Waals surface area (Å²) in [5.41, 5.74) is 8.73. The summed E-state index contributed by atoms with van der Waals surface area (Å²) in [5, 5.41) is 0. The summed E-state index contributed by atoms with van der Waals surface area (Å²) in [6.07, 6.45) is 7.86. The van der Waals surface area contributed by atoms with Gasteiger partial charge >= 0.3 is 0 Å².